The van der Waals surface area contributed by atoms with Gasteiger partial charge in [0.05, 0.1) is 0 Å². The van der Waals surface area contributed by atoms with Gasteiger partial charge >= 0.3 is 0 Å². The summed E-state index contributed by atoms with van der Waals surface area (Å²) >= 11 is 0. The van der Waals surface area contributed by atoms with E-state index in [4.69, 9.17) is 4.98 Å². The van der Waals surface area contributed by atoms with Gasteiger partial charge in [0, 0.05) is 23.9 Å². The van der Waals surface area contributed by atoms with Crippen LogP contribution in [0.2, 0.25) is 0 Å². The molecule has 0 amide bonds. The van der Waals surface area contributed by atoms with Gasteiger partial charge in [-0.05, 0) is 49.8 Å². The van der Waals surface area contributed by atoms with Crippen molar-refractivity contribution >= 4 is 0 Å². The molecule has 1 aliphatic carbocycles. The Kier molecular flexibility index (Phi) is 5.38. The molecule has 1 aromatic rings. The second kappa shape index (κ2) is 7.04. The first-order valence-electron chi connectivity index (χ1n) is 7.93. The molecule has 0 aliphatic heterocycles. The molecule has 0 fully saturated rings. The van der Waals surface area contributed by atoms with Crippen LogP contribution in [0.25, 0.3) is 0 Å². The Hall–Kier alpha value is -0.890. The van der Waals surface area contributed by atoms with Crippen molar-refractivity contribution in [2.45, 2.75) is 64.8 Å². The Balaban J connectivity index is 2.18. The third-order valence-corrected chi connectivity index (χ3v) is 4.54. The van der Waals surface area contributed by atoms with Gasteiger partial charge < -0.3 is 5.32 Å². The molecule has 3 atom stereocenters. The number of fused-ring (bicyclic) bond motifs is 1. The average Bonchev–Trinajstić information content (AvgIpc) is 2.46. The number of hydrogen-bond donors (Lipinski definition) is 1. The van der Waals surface area contributed by atoms with Crippen LogP contribution in [0.1, 0.15) is 63.6 Å². The lowest BCUT2D eigenvalue weighted by Gasteiger charge is -2.33. The average molecular weight is 260 g/mol. The summed E-state index contributed by atoms with van der Waals surface area (Å²) in [6.45, 7) is 7.93. The standard InChI is InChI=1S/C17H28N2/c1-4-13(3)12-16(18-5-2)15-10-6-8-14-9-7-11-19-17(14)15/h7,9,11,13,15-16,18H,4-6,8,10,12H2,1-3H3. The molecule has 2 heteroatoms. The SMILES string of the molecule is CCNC(CC(C)CC)C1CCCc2cccnc21. The molecule has 0 aromatic carbocycles. The number of hydrogen-bond acceptors (Lipinski definition) is 2. The van der Waals surface area contributed by atoms with Crippen molar-refractivity contribution in [1.82, 2.24) is 10.3 Å². The van der Waals surface area contributed by atoms with Gasteiger partial charge in [-0.15, -0.1) is 0 Å². The lowest BCUT2D eigenvalue weighted by atomic mass is 9.79. The molecule has 1 N–H and O–H groups in total. The predicted molar refractivity (Wildman–Crippen MR) is 81.5 cm³/mol. The van der Waals surface area contributed by atoms with Gasteiger partial charge in [0.2, 0.25) is 0 Å². The maximum absolute atomic E-state index is 4.70. The minimum absolute atomic E-state index is 0.592. The van der Waals surface area contributed by atoms with Crippen molar-refractivity contribution < 1.29 is 0 Å². The summed E-state index contributed by atoms with van der Waals surface area (Å²) in [5, 5.41) is 3.72. The van der Waals surface area contributed by atoms with Gasteiger partial charge in [-0.2, -0.15) is 0 Å². The van der Waals surface area contributed by atoms with Crippen LogP contribution in [0.3, 0.4) is 0 Å². The van der Waals surface area contributed by atoms with Crippen molar-refractivity contribution in [3.05, 3.63) is 29.6 Å². The fourth-order valence-corrected chi connectivity index (χ4v) is 3.29. The van der Waals surface area contributed by atoms with Crippen molar-refractivity contribution in [2.75, 3.05) is 6.54 Å². The lowest BCUT2D eigenvalue weighted by Crippen LogP contribution is -2.38. The number of rotatable bonds is 6. The van der Waals surface area contributed by atoms with Crippen LogP contribution in [0.15, 0.2) is 18.3 Å². The quantitative estimate of drug-likeness (QED) is 0.838. The Bertz CT molecular complexity index is 389. The smallest absolute Gasteiger partial charge is 0.0481 e. The molecular formula is C17H28N2. The van der Waals surface area contributed by atoms with E-state index in [0.717, 1.165) is 12.5 Å². The molecule has 0 radical (unpaired) electrons. The molecule has 1 aliphatic rings. The van der Waals surface area contributed by atoms with Crippen LogP contribution in [0.4, 0.5) is 0 Å². The topological polar surface area (TPSA) is 24.9 Å². The minimum atomic E-state index is 0.592. The molecule has 2 nitrogen and oxygen atoms in total. The first kappa shape index (κ1) is 14.5. The first-order valence-corrected chi connectivity index (χ1v) is 7.93. The van der Waals surface area contributed by atoms with E-state index in [2.05, 4.69) is 38.2 Å². The van der Waals surface area contributed by atoms with Crippen LogP contribution in [0, 0.1) is 5.92 Å². The fraction of sp³-hybridized carbons (Fsp3) is 0.706. The molecule has 1 aromatic heterocycles. The summed E-state index contributed by atoms with van der Waals surface area (Å²) in [4.78, 5) is 4.70. The molecule has 3 unspecified atom stereocenters. The van der Waals surface area contributed by atoms with Crippen molar-refractivity contribution in [2.24, 2.45) is 5.92 Å². The molecule has 19 heavy (non-hydrogen) atoms. The van der Waals surface area contributed by atoms with Gasteiger partial charge in [0.25, 0.3) is 0 Å². The summed E-state index contributed by atoms with van der Waals surface area (Å²) in [6.07, 6.45) is 8.31. The van der Waals surface area contributed by atoms with Gasteiger partial charge in [-0.1, -0.05) is 33.3 Å². The largest absolute Gasteiger partial charge is 0.314 e. The normalized spacial score (nSPS) is 21.7. The van der Waals surface area contributed by atoms with Crippen molar-refractivity contribution in [1.29, 1.82) is 0 Å². The summed E-state index contributed by atoms with van der Waals surface area (Å²) in [5.41, 5.74) is 2.84. The predicted octanol–water partition coefficient (Wildman–Crippen LogP) is 3.92. The Morgan fingerprint density at radius 1 is 1.42 bits per heavy atom. The second-order valence-electron chi connectivity index (χ2n) is 5.96. The Labute approximate surface area is 118 Å². The van der Waals surface area contributed by atoms with E-state index in [1.165, 1.54) is 43.4 Å². The third kappa shape index (κ3) is 3.56. The molecular weight excluding hydrogens is 232 g/mol. The molecule has 106 valence electrons. The van der Waals surface area contributed by atoms with E-state index in [-0.39, 0.29) is 0 Å². The van der Waals surface area contributed by atoms with E-state index >= 15 is 0 Å². The van der Waals surface area contributed by atoms with Gasteiger partial charge in [0.15, 0.2) is 0 Å². The van der Waals surface area contributed by atoms with Gasteiger partial charge in [0.1, 0.15) is 0 Å². The maximum atomic E-state index is 4.70. The highest BCUT2D eigenvalue weighted by Crippen LogP contribution is 2.34. The summed E-state index contributed by atoms with van der Waals surface area (Å²) in [6, 6.07) is 4.94. The zero-order chi connectivity index (χ0) is 13.7. The second-order valence-corrected chi connectivity index (χ2v) is 5.96. The summed E-state index contributed by atoms with van der Waals surface area (Å²) in [5.74, 6) is 1.40. The lowest BCUT2D eigenvalue weighted by molar-refractivity contribution is 0.325. The molecule has 2 rings (SSSR count). The minimum Gasteiger partial charge on any atom is -0.314 e. The number of nitrogens with one attached hydrogen (secondary N) is 1. The maximum Gasteiger partial charge on any atom is 0.0481 e. The Morgan fingerprint density at radius 3 is 3.00 bits per heavy atom. The highest BCUT2D eigenvalue weighted by Gasteiger charge is 2.29. The van der Waals surface area contributed by atoms with Crippen LogP contribution >= 0.6 is 0 Å². The van der Waals surface area contributed by atoms with Crippen LogP contribution in [-0.4, -0.2) is 17.6 Å². The van der Waals surface area contributed by atoms with Crippen molar-refractivity contribution in [3.8, 4) is 0 Å². The highest BCUT2D eigenvalue weighted by molar-refractivity contribution is 5.27. The van der Waals surface area contributed by atoms with Gasteiger partial charge in [-0.25, -0.2) is 0 Å². The van der Waals surface area contributed by atoms with E-state index < -0.39 is 0 Å². The molecule has 0 saturated heterocycles. The van der Waals surface area contributed by atoms with Crippen molar-refractivity contribution in [3.63, 3.8) is 0 Å². The zero-order valence-electron chi connectivity index (χ0n) is 12.7. The van der Waals surface area contributed by atoms with Gasteiger partial charge in [-0.3, -0.25) is 4.98 Å². The molecule has 0 bridgehead atoms. The fourth-order valence-electron chi connectivity index (χ4n) is 3.29. The number of likely N-dealkylation sites (N-methyl/N-ethyl adjacent to an activating group) is 1. The van der Waals surface area contributed by atoms with E-state index in [1.807, 2.05) is 6.20 Å². The zero-order valence-corrected chi connectivity index (χ0v) is 12.7. The monoisotopic (exact) mass is 260 g/mol. The Morgan fingerprint density at radius 2 is 2.26 bits per heavy atom. The van der Waals surface area contributed by atoms with Crippen LogP contribution in [0.5, 0.6) is 0 Å². The van der Waals surface area contributed by atoms with Crippen LogP contribution < -0.4 is 5.32 Å². The van der Waals surface area contributed by atoms with E-state index in [1.54, 1.807) is 0 Å². The first-order chi connectivity index (χ1) is 9.26. The third-order valence-electron chi connectivity index (χ3n) is 4.54. The molecule has 0 spiro atoms. The summed E-state index contributed by atoms with van der Waals surface area (Å²) < 4.78 is 0. The number of aromatic nitrogens is 1. The molecule has 1 heterocycles. The van der Waals surface area contributed by atoms with E-state index in [0.29, 0.717) is 12.0 Å². The number of nitrogens with zero attached hydrogens (tertiary/aromatic N) is 1. The van der Waals surface area contributed by atoms with E-state index in [9.17, 15) is 0 Å². The summed E-state index contributed by atoms with van der Waals surface area (Å²) in [7, 11) is 0. The van der Waals surface area contributed by atoms with Crippen LogP contribution in [-0.2, 0) is 6.42 Å². The molecule has 0 saturated carbocycles. The number of aryl methyl sites for hydroxylation is 1. The highest BCUT2D eigenvalue weighted by atomic mass is 14.9. The number of pyridine rings is 1.